The monoisotopic (exact) mass is 276 g/mol. The van der Waals surface area contributed by atoms with E-state index in [-0.39, 0.29) is 36.4 Å². The zero-order valence-corrected chi connectivity index (χ0v) is 11.8. The van der Waals surface area contributed by atoms with Crippen LogP contribution in [-0.4, -0.2) is 24.5 Å². The summed E-state index contributed by atoms with van der Waals surface area (Å²) in [6.45, 7) is 4.24. The average molecular weight is 276 g/mol. The van der Waals surface area contributed by atoms with Crippen LogP contribution in [0.2, 0.25) is 0 Å². The summed E-state index contributed by atoms with van der Waals surface area (Å²) in [5, 5.41) is 0. The first-order chi connectivity index (χ1) is 9.63. The largest absolute Gasteiger partial charge is 0.461 e. The Bertz CT molecular complexity index is 457. The van der Waals surface area contributed by atoms with Crippen LogP contribution in [-0.2, 0) is 25.7 Å². The number of cyclic esters (lactones) is 1. The predicted octanol–water partition coefficient (Wildman–Crippen LogP) is 2.36. The molecular formula is C16H20O4. The van der Waals surface area contributed by atoms with Crippen molar-refractivity contribution in [2.75, 3.05) is 0 Å². The van der Waals surface area contributed by atoms with Crippen LogP contribution in [0.1, 0.15) is 25.8 Å². The van der Waals surface area contributed by atoms with Gasteiger partial charge in [0.05, 0.1) is 18.6 Å². The quantitative estimate of drug-likeness (QED) is 0.612. The fourth-order valence-corrected chi connectivity index (χ4v) is 2.59. The van der Waals surface area contributed by atoms with Gasteiger partial charge in [0.25, 0.3) is 0 Å². The van der Waals surface area contributed by atoms with Gasteiger partial charge in [0.15, 0.2) is 0 Å². The van der Waals surface area contributed by atoms with Gasteiger partial charge in [0.1, 0.15) is 12.4 Å². The second-order valence-electron chi connectivity index (χ2n) is 5.29. The molecule has 0 aromatic heterocycles. The molecule has 4 nitrogen and oxygen atoms in total. The predicted molar refractivity (Wildman–Crippen MR) is 73.9 cm³/mol. The molecule has 1 saturated heterocycles. The summed E-state index contributed by atoms with van der Waals surface area (Å²) in [4.78, 5) is 22.5. The standard InChI is InChI=1S/C16H20O4/c1-11-14(8-9-17)20-16(18)12(2)15(11)19-10-13-6-4-3-5-7-13/h3-7,9,11-12,14-15H,8,10H2,1-2H3/t11-,12-,14-,15-/m0/s1. The van der Waals surface area contributed by atoms with Crippen molar-refractivity contribution in [2.45, 2.75) is 39.1 Å². The normalized spacial score (nSPS) is 29.8. The minimum absolute atomic E-state index is 0.0108. The van der Waals surface area contributed by atoms with Gasteiger partial charge >= 0.3 is 5.97 Å². The minimum atomic E-state index is -0.378. The first kappa shape index (κ1) is 14.7. The van der Waals surface area contributed by atoms with E-state index in [1.165, 1.54) is 0 Å². The van der Waals surface area contributed by atoms with Gasteiger partial charge in [-0.2, -0.15) is 0 Å². The van der Waals surface area contributed by atoms with Crippen molar-refractivity contribution in [2.24, 2.45) is 11.8 Å². The average Bonchev–Trinajstić information content (AvgIpc) is 2.46. The van der Waals surface area contributed by atoms with Gasteiger partial charge in [-0.15, -0.1) is 0 Å². The molecule has 1 aromatic rings. The molecule has 0 aliphatic carbocycles. The van der Waals surface area contributed by atoms with Crippen LogP contribution < -0.4 is 0 Å². The lowest BCUT2D eigenvalue weighted by Crippen LogP contribution is -2.48. The summed E-state index contributed by atoms with van der Waals surface area (Å²) in [7, 11) is 0. The molecule has 108 valence electrons. The van der Waals surface area contributed by atoms with Gasteiger partial charge < -0.3 is 14.3 Å². The topological polar surface area (TPSA) is 52.6 Å². The summed E-state index contributed by atoms with van der Waals surface area (Å²) in [5.74, 6) is -0.582. The van der Waals surface area contributed by atoms with Crippen molar-refractivity contribution in [1.29, 1.82) is 0 Å². The first-order valence-corrected chi connectivity index (χ1v) is 6.93. The van der Waals surface area contributed by atoms with Crippen LogP contribution in [0.4, 0.5) is 0 Å². The summed E-state index contributed by atoms with van der Waals surface area (Å²) in [6, 6.07) is 9.83. The van der Waals surface area contributed by atoms with Crippen molar-refractivity contribution in [3.05, 3.63) is 35.9 Å². The fraction of sp³-hybridized carbons (Fsp3) is 0.500. The van der Waals surface area contributed by atoms with Gasteiger partial charge in [-0.25, -0.2) is 0 Å². The molecule has 4 heteroatoms. The highest BCUT2D eigenvalue weighted by molar-refractivity contribution is 5.74. The van der Waals surface area contributed by atoms with E-state index in [4.69, 9.17) is 9.47 Å². The summed E-state index contributed by atoms with van der Waals surface area (Å²) in [5.41, 5.74) is 1.07. The maximum Gasteiger partial charge on any atom is 0.311 e. The first-order valence-electron chi connectivity index (χ1n) is 6.93. The van der Waals surface area contributed by atoms with E-state index in [0.29, 0.717) is 6.61 Å². The molecule has 2 rings (SSSR count). The van der Waals surface area contributed by atoms with E-state index in [9.17, 15) is 9.59 Å². The number of aldehydes is 1. The van der Waals surface area contributed by atoms with E-state index < -0.39 is 0 Å². The Morgan fingerprint density at radius 3 is 2.60 bits per heavy atom. The smallest absolute Gasteiger partial charge is 0.311 e. The SMILES string of the molecule is C[C@@H]1[C@H](OCc2ccccc2)[C@H](C)C(=O)O[C@H]1CC=O. The Labute approximate surface area is 119 Å². The number of benzene rings is 1. The van der Waals surface area contributed by atoms with Crippen LogP contribution >= 0.6 is 0 Å². The third-order valence-electron chi connectivity index (χ3n) is 3.85. The van der Waals surface area contributed by atoms with Crippen LogP contribution in [0.5, 0.6) is 0 Å². The molecule has 0 unspecified atom stereocenters. The highest BCUT2D eigenvalue weighted by atomic mass is 16.6. The number of ether oxygens (including phenoxy) is 2. The van der Waals surface area contributed by atoms with Crippen molar-refractivity contribution in [3.63, 3.8) is 0 Å². The van der Waals surface area contributed by atoms with Crippen molar-refractivity contribution in [3.8, 4) is 0 Å². The van der Waals surface area contributed by atoms with E-state index in [0.717, 1.165) is 11.8 Å². The molecule has 0 N–H and O–H groups in total. The van der Waals surface area contributed by atoms with E-state index in [2.05, 4.69) is 0 Å². The molecule has 0 spiro atoms. The van der Waals surface area contributed by atoms with Crippen LogP contribution in [0, 0.1) is 11.8 Å². The molecule has 1 heterocycles. The van der Waals surface area contributed by atoms with Gasteiger partial charge in [-0.3, -0.25) is 4.79 Å². The number of esters is 1. The number of carbonyl (C=O) groups excluding carboxylic acids is 2. The second-order valence-corrected chi connectivity index (χ2v) is 5.29. The molecule has 0 amide bonds. The molecule has 1 aliphatic rings. The Balaban J connectivity index is 2.03. The Morgan fingerprint density at radius 1 is 1.25 bits per heavy atom. The van der Waals surface area contributed by atoms with Crippen LogP contribution in [0.3, 0.4) is 0 Å². The van der Waals surface area contributed by atoms with Crippen LogP contribution in [0.15, 0.2) is 30.3 Å². The molecule has 1 aliphatic heterocycles. The van der Waals surface area contributed by atoms with E-state index in [1.807, 2.05) is 44.2 Å². The summed E-state index contributed by atoms with van der Waals surface area (Å²) >= 11 is 0. The number of rotatable bonds is 5. The lowest BCUT2D eigenvalue weighted by Gasteiger charge is -2.38. The minimum Gasteiger partial charge on any atom is -0.461 e. The number of hydrogen-bond donors (Lipinski definition) is 0. The zero-order valence-electron chi connectivity index (χ0n) is 11.8. The maximum atomic E-state index is 11.8. The van der Waals surface area contributed by atoms with Crippen LogP contribution in [0.25, 0.3) is 0 Å². The third-order valence-corrected chi connectivity index (χ3v) is 3.85. The molecule has 20 heavy (non-hydrogen) atoms. The second kappa shape index (κ2) is 6.66. The Hall–Kier alpha value is -1.68. The van der Waals surface area contributed by atoms with Gasteiger partial charge in [-0.1, -0.05) is 37.3 Å². The van der Waals surface area contributed by atoms with Gasteiger partial charge in [0.2, 0.25) is 0 Å². The van der Waals surface area contributed by atoms with Crippen molar-refractivity contribution < 1.29 is 19.1 Å². The molecule has 0 bridgehead atoms. The molecule has 1 aromatic carbocycles. The third kappa shape index (κ3) is 3.25. The maximum absolute atomic E-state index is 11.8. The summed E-state index contributed by atoms with van der Waals surface area (Å²) < 4.78 is 11.2. The zero-order chi connectivity index (χ0) is 14.5. The highest BCUT2D eigenvalue weighted by Crippen LogP contribution is 2.30. The Morgan fingerprint density at radius 2 is 1.95 bits per heavy atom. The van der Waals surface area contributed by atoms with Gasteiger partial charge in [-0.05, 0) is 12.5 Å². The van der Waals surface area contributed by atoms with Gasteiger partial charge in [0, 0.05) is 12.3 Å². The Kier molecular flexibility index (Phi) is 4.90. The molecule has 0 radical (unpaired) electrons. The van der Waals surface area contributed by atoms with Crippen molar-refractivity contribution >= 4 is 12.3 Å². The lowest BCUT2D eigenvalue weighted by molar-refractivity contribution is -0.184. The molecule has 1 fully saturated rings. The van der Waals surface area contributed by atoms with Crippen molar-refractivity contribution in [1.82, 2.24) is 0 Å². The van der Waals surface area contributed by atoms with E-state index in [1.54, 1.807) is 0 Å². The molecular weight excluding hydrogens is 256 g/mol. The summed E-state index contributed by atoms with van der Waals surface area (Å²) in [6.07, 6.45) is 0.419. The lowest BCUT2D eigenvalue weighted by atomic mass is 9.85. The fourth-order valence-electron chi connectivity index (χ4n) is 2.59. The number of hydrogen-bond acceptors (Lipinski definition) is 4. The highest BCUT2D eigenvalue weighted by Gasteiger charge is 2.41. The molecule has 4 atom stereocenters. The number of carbonyl (C=O) groups is 2. The molecule has 0 saturated carbocycles. The van der Waals surface area contributed by atoms with E-state index >= 15 is 0 Å².